The maximum Gasteiger partial charge on any atom is 0.530 e. The summed E-state index contributed by atoms with van der Waals surface area (Å²) in [7, 11) is -3.53. The fourth-order valence-electron chi connectivity index (χ4n) is 2.93. The van der Waals surface area contributed by atoms with Gasteiger partial charge in [0.2, 0.25) is 0 Å². The minimum absolute atomic E-state index is 0.0559. The van der Waals surface area contributed by atoms with Gasteiger partial charge in [-0.2, -0.15) is 0 Å². The van der Waals surface area contributed by atoms with Crippen molar-refractivity contribution >= 4 is 7.82 Å². The molecular weight excluding hydrogens is 311 g/mol. The molecule has 1 aromatic carbocycles. The molecule has 132 valence electrons. The molecule has 0 unspecified atom stereocenters. The first-order valence-electron chi connectivity index (χ1n) is 8.20. The molecule has 0 amide bonds. The van der Waals surface area contributed by atoms with E-state index in [0.717, 1.165) is 6.42 Å². The zero-order chi connectivity index (χ0) is 17.7. The van der Waals surface area contributed by atoms with Gasteiger partial charge in [-0.3, -0.25) is 9.05 Å². The van der Waals surface area contributed by atoms with E-state index in [1.54, 1.807) is 13.8 Å². The second-order valence-electron chi connectivity index (χ2n) is 7.52. The van der Waals surface area contributed by atoms with Crippen LogP contribution in [0.15, 0.2) is 24.3 Å². The molecule has 0 aliphatic carbocycles. The van der Waals surface area contributed by atoms with Crippen LogP contribution in [-0.2, 0) is 19.0 Å². The van der Waals surface area contributed by atoms with Gasteiger partial charge in [0.05, 0.1) is 13.2 Å². The third kappa shape index (κ3) is 6.66. The van der Waals surface area contributed by atoms with E-state index < -0.39 is 7.82 Å². The average molecular weight is 342 g/mol. The minimum atomic E-state index is -3.53. The first kappa shape index (κ1) is 20.2. The topological polar surface area (TPSA) is 44.8 Å². The van der Waals surface area contributed by atoms with Crippen LogP contribution in [0.5, 0.6) is 5.75 Å². The van der Waals surface area contributed by atoms with Crippen molar-refractivity contribution in [1.29, 1.82) is 0 Å². The van der Waals surface area contributed by atoms with E-state index in [1.807, 2.05) is 24.3 Å². The van der Waals surface area contributed by atoms with Gasteiger partial charge < -0.3 is 4.52 Å². The van der Waals surface area contributed by atoms with Gasteiger partial charge in [-0.05, 0) is 48.8 Å². The number of phosphoric ester groups is 1. The van der Waals surface area contributed by atoms with Gasteiger partial charge in [-0.15, -0.1) is 0 Å². The average Bonchev–Trinajstić information content (AvgIpc) is 2.36. The molecule has 5 heteroatoms. The van der Waals surface area contributed by atoms with Crippen LogP contribution in [0.2, 0.25) is 0 Å². The molecule has 23 heavy (non-hydrogen) atoms. The summed E-state index contributed by atoms with van der Waals surface area (Å²) >= 11 is 0. The van der Waals surface area contributed by atoms with E-state index in [4.69, 9.17) is 13.6 Å². The fourth-order valence-corrected chi connectivity index (χ4v) is 4.12. The predicted octanol–water partition coefficient (Wildman–Crippen LogP) is 5.96. The van der Waals surface area contributed by atoms with Gasteiger partial charge in [0, 0.05) is 0 Å². The Morgan fingerprint density at radius 3 is 1.78 bits per heavy atom. The lowest BCUT2D eigenvalue weighted by atomic mass is 9.72. The van der Waals surface area contributed by atoms with Crippen molar-refractivity contribution < 1.29 is 18.1 Å². The maximum atomic E-state index is 12.4. The monoisotopic (exact) mass is 342 g/mol. The Hall–Kier alpha value is -0.830. The van der Waals surface area contributed by atoms with E-state index in [1.165, 1.54) is 5.56 Å². The van der Waals surface area contributed by atoms with Crippen LogP contribution in [0, 0.1) is 5.41 Å². The molecule has 0 aliphatic rings. The van der Waals surface area contributed by atoms with Crippen molar-refractivity contribution in [3.63, 3.8) is 0 Å². The molecule has 0 fully saturated rings. The van der Waals surface area contributed by atoms with Gasteiger partial charge >= 0.3 is 7.82 Å². The molecule has 0 aromatic heterocycles. The Bertz CT molecular complexity index is 519. The van der Waals surface area contributed by atoms with Crippen LogP contribution in [-0.4, -0.2) is 13.2 Å². The lowest BCUT2D eigenvalue weighted by molar-refractivity contribution is 0.167. The highest BCUT2D eigenvalue weighted by Crippen LogP contribution is 2.49. The van der Waals surface area contributed by atoms with E-state index >= 15 is 0 Å². The summed E-state index contributed by atoms with van der Waals surface area (Å²) in [5.74, 6) is 0.491. The summed E-state index contributed by atoms with van der Waals surface area (Å²) in [5.41, 5.74) is 1.53. The smallest absolute Gasteiger partial charge is 0.404 e. The number of phosphoric acid groups is 1. The molecule has 0 spiro atoms. The first-order chi connectivity index (χ1) is 10.5. The van der Waals surface area contributed by atoms with E-state index in [0.29, 0.717) is 5.75 Å². The van der Waals surface area contributed by atoms with Gasteiger partial charge in [0.15, 0.2) is 0 Å². The number of hydrogen-bond donors (Lipinski definition) is 0. The van der Waals surface area contributed by atoms with Crippen molar-refractivity contribution in [2.75, 3.05) is 13.2 Å². The second kappa shape index (κ2) is 7.83. The van der Waals surface area contributed by atoms with E-state index in [-0.39, 0.29) is 24.0 Å². The molecule has 0 N–H and O–H groups in total. The molecule has 0 bridgehead atoms. The highest BCUT2D eigenvalue weighted by Gasteiger charge is 2.29. The minimum Gasteiger partial charge on any atom is -0.404 e. The highest BCUT2D eigenvalue weighted by atomic mass is 31.2. The van der Waals surface area contributed by atoms with Crippen LogP contribution in [0.4, 0.5) is 0 Å². The maximum absolute atomic E-state index is 12.4. The summed E-state index contributed by atoms with van der Waals surface area (Å²) in [6.45, 7) is 15.3. The highest BCUT2D eigenvalue weighted by molar-refractivity contribution is 7.48. The molecule has 1 rings (SSSR count). The summed E-state index contributed by atoms with van der Waals surface area (Å²) in [6, 6.07) is 7.68. The van der Waals surface area contributed by atoms with Crippen molar-refractivity contribution in [1.82, 2.24) is 0 Å². The van der Waals surface area contributed by atoms with Crippen molar-refractivity contribution in [2.45, 2.75) is 60.3 Å². The van der Waals surface area contributed by atoms with Crippen molar-refractivity contribution in [2.24, 2.45) is 5.41 Å². The normalized spacial score (nSPS) is 13.2. The van der Waals surface area contributed by atoms with Crippen molar-refractivity contribution in [3.05, 3.63) is 29.8 Å². The molecular formula is C18H31O4P. The lowest BCUT2D eigenvalue weighted by Gasteiger charge is -2.33. The lowest BCUT2D eigenvalue weighted by Crippen LogP contribution is -2.24. The molecule has 1 aromatic rings. The first-order valence-corrected chi connectivity index (χ1v) is 9.67. The zero-order valence-electron chi connectivity index (χ0n) is 15.5. The van der Waals surface area contributed by atoms with Gasteiger partial charge in [-0.25, -0.2) is 4.57 Å². The quantitative estimate of drug-likeness (QED) is 0.547. The molecule has 4 nitrogen and oxygen atoms in total. The Morgan fingerprint density at radius 1 is 0.913 bits per heavy atom. The summed E-state index contributed by atoms with van der Waals surface area (Å²) in [6.07, 6.45) is 1.07. The third-order valence-electron chi connectivity index (χ3n) is 3.40. The summed E-state index contributed by atoms with van der Waals surface area (Å²) < 4.78 is 28.1. The van der Waals surface area contributed by atoms with E-state index in [2.05, 4.69) is 34.6 Å². The Balaban J connectivity index is 2.89. The molecule has 0 saturated heterocycles. The SMILES string of the molecule is CCOP(=O)(OCC)Oc1ccc(C(C)(C)CC(C)(C)C)cc1. The molecule has 0 aliphatic heterocycles. The summed E-state index contributed by atoms with van der Waals surface area (Å²) in [4.78, 5) is 0. The van der Waals surface area contributed by atoms with Gasteiger partial charge in [0.25, 0.3) is 0 Å². The number of rotatable bonds is 8. The number of hydrogen-bond acceptors (Lipinski definition) is 4. The van der Waals surface area contributed by atoms with Crippen molar-refractivity contribution in [3.8, 4) is 5.75 Å². The zero-order valence-corrected chi connectivity index (χ0v) is 16.4. The Morgan fingerprint density at radius 2 is 1.39 bits per heavy atom. The van der Waals surface area contributed by atoms with Crippen LogP contribution in [0.3, 0.4) is 0 Å². The molecule has 0 saturated carbocycles. The number of benzene rings is 1. The fraction of sp³-hybridized carbons (Fsp3) is 0.667. The van der Waals surface area contributed by atoms with Crippen LogP contribution < -0.4 is 4.52 Å². The second-order valence-corrected chi connectivity index (χ2v) is 9.11. The molecule has 0 atom stereocenters. The van der Waals surface area contributed by atoms with Crippen LogP contribution >= 0.6 is 7.82 Å². The summed E-state index contributed by atoms with van der Waals surface area (Å²) in [5, 5.41) is 0. The largest absolute Gasteiger partial charge is 0.530 e. The van der Waals surface area contributed by atoms with Gasteiger partial charge in [-0.1, -0.05) is 46.8 Å². The van der Waals surface area contributed by atoms with E-state index in [9.17, 15) is 4.57 Å². The predicted molar refractivity (Wildman–Crippen MR) is 95.0 cm³/mol. The third-order valence-corrected chi connectivity index (χ3v) is 4.98. The molecule has 0 radical (unpaired) electrons. The van der Waals surface area contributed by atoms with Gasteiger partial charge in [0.1, 0.15) is 5.75 Å². The molecule has 0 heterocycles. The van der Waals surface area contributed by atoms with Crippen LogP contribution in [0.1, 0.15) is 60.5 Å². The standard InChI is InChI=1S/C18H31O4P/c1-8-20-23(19,21-9-2)22-16-12-10-15(11-13-16)18(6,7)14-17(3,4)5/h10-13H,8-9,14H2,1-7H3. The Labute approximate surface area is 141 Å². The van der Waals surface area contributed by atoms with Crippen LogP contribution in [0.25, 0.3) is 0 Å². The Kier molecular flexibility index (Phi) is 6.88.